The molecule has 3 aromatic carbocycles. The van der Waals surface area contributed by atoms with E-state index in [1.807, 2.05) is 102 Å². The van der Waals surface area contributed by atoms with Gasteiger partial charge in [0, 0.05) is 23.7 Å². The highest BCUT2D eigenvalue weighted by molar-refractivity contribution is 7.88. The Kier molecular flexibility index (Phi) is 5.11. The predicted octanol–water partition coefficient (Wildman–Crippen LogP) is 4.65. The van der Waals surface area contributed by atoms with Crippen LogP contribution < -0.4 is 0 Å². The molecule has 0 N–H and O–H groups in total. The van der Waals surface area contributed by atoms with E-state index in [2.05, 4.69) is 5.10 Å². The first-order chi connectivity index (χ1) is 15.5. The molecule has 32 heavy (non-hydrogen) atoms. The molecule has 7 heteroatoms. The molecule has 0 saturated carbocycles. The third-order valence-corrected chi connectivity index (χ3v) is 6.51. The second kappa shape index (κ2) is 8.09. The Morgan fingerprint density at radius 3 is 2.06 bits per heavy atom. The summed E-state index contributed by atoms with van der Waals surface area (Å²) in [6.45, 7) is 0. The fraction of sp³-hybridized carbons (Fsp3) is 0.120. The first-order valence-corrected chi connectivity index (χ1v) is 12.2. The Morgan fingerprint density at radius 1 is 0.844 bits per heavy atom. The summed E-state index contributed by atoms with van der Waals surface area (Å²) in [6, 6.07) is 29.0. The zero-order valence-electron chi connectivity index (χ0n) is 17.5. The van der Waals surface area contributed by atoms with Crippen molar-refractivity contribution in [2.45, 2.75) is 12.5 Å². The normalized spacial score (nSPS) is 16.2. The summed E-state index contributed by atoms with van der Waals surface area (Å²) in [4.78, 5) is 0. The lowest BCUT2D eigenvalue weighted by atomic mass is 9.98. The van der Waals surface area contributed by atoms with E-state index in [1.165, 1.54) is 10.7 Å². The molecule has 0 aliphatic carbocycles. The molecule has 0 spiro atoms. The lowest BCUT2D eigenvalue weighted by Gasteiger charge is -2.21. The van der Waals surface area contributed by atoms with Gasteiger partial charge in [-0.25, -0.2) is 13.1 Å². The highest BCUT2D eigenvalue weighted by Crippen LogP contribution is 2.36. The number of para-hydroxylation sites is 1. The first kappa shape index (κ1) is 20.2. The monoisotopic (exact) mass is 442 g/mol. The Hall–Kier alpha value is -3.71. The van der Waals surface area contributed by atoms with Gasteiger partial charge in [0.2, 0.25) is 10.0 Å². The third-order valence-electron chi connectivity index (χ3n) is 5.49. The minimum Gasteiger partial charge on any atom is -0.240 e. The van der Waals surface area contributed by atoms with Crippen LogP contribution in [0.4, 0.5) is 0 Å². The van der Waals surface area contributed by atoms with Gasteiger partial charge in [-0.15, -0.1) is 0 Å². The summed E-state index contributed by atoms with van der Waals surface area (Å²) >= 11 is 0. The van der Waals surface area contributed by atoms with Crippen LogP contribution in [0, 0.1) is 0 Å². The van der Waals surface area contributed by atoms with E-state index < -0.39 is 10.0 Å². The van der Waals surface area contributed by atoms with Gasteiger partial charge in [0.05, 0.1) is 23.7 Å². The smallest absolute Gasteiger partial charge is 0.240 e. The standard InChI is InChI=1S/C25H22N4O2S/c1-32(30,31)29-24(19-11-5-2-6-12-19)17-23(26-29)22-18-28(21-15-9-4-10-16-21)27-25(22)20-13-7-3-8-14-20/h2-16,18,24H,17H2,1H3. The Balaban J connectivity index is 1.64. The molecule has 1 aromatic heterocycles. The lowest BCUT2D eigenvalue weighted by Crippen LogP contribution is -2.25. The molecule has 6 nitrogen and oxygen atoms in total. The van der Waals surface area contributed by atoms with Gasteiger partial charge in [-0.3, -0.25) is 0 Å². The van der Waals surface area contributed by atoms with Crippen molar-refractivity contribution in [2.24, 2.45) is 5.10 Å². The van der Waals surface area contributed by atoms with E-state index in [1.54, 1.807) is 0 Å². The number of hydrogen-bond acceptors (Lipinski definition) is 4. The molecule has 2 heterocycles. The molecule has 1 aliphatic heterocycles. The fourth-order valence-corrected chi connectivity index (χ4v) is 4.89. The molecule has 4 aromatic rings. The van der Waals surface area contributed by atoms with Crippen molar-refractivity contribution in [3.8, 4) is 16.9 Å². The molecule has 0 saturated heterocycles. The number of rotatable bonds is 5. The Morgan fingerprint density at radius 2 is 1.44 bits per heavy atom. The summed E-state index contributed by atoms with van der Waals surface area (Å²) in [6.07, 6.45) is 3.60. The van der Waals surface area contributed by atoms with Gasteiger partial charge >= 0.3 is 0 Å². The summed E-state index contributed by atoms with van der Waals surface area (Å²) in [5.74, 6) is 0. The highest BCUT2D eigenvalue weighted by Gasteiger charge is 2.35. The minimum atomic E-state index is -3.54. The van der Waals surface area contributed by atoms with Crippen LogP contribution in [0.3, 0.4) is 0 Å². The highest BCUT2D eigenvalue weighted by atomic mass is 32.2. The van der Waals surface area contributed by atoms with Gasteiger partial charge in [-0.05, 0) is 17.7 Å². The number of sulfonamides is 1. The molecular formula is C25H22N4O2S. The molecule has 1 atom stereocenters. The average molecular weight is 443 g/mol. The summed E-state index contributed by atoms with van der Waals surface area (Å²) < 4.78 is 28.2. The van der Waals surface area contributed by atoms with Crippen LogP contribution in [-0.4, -0.2) is 34.6 Å². The molecule has 1 aliphatic rings. The first-order valence-electron chi connectivity index (χ1n) is 10.3. The molecule has 0 radical (unpaired) electrons. The Labute approximate surface area is 187 Å². The van der Waals surface area contributed by atoms with Crippen molar-refractivity contribution >= 4 is 15.7 Å². The zero-order chi connectivity index (χ0) is 22.1. The average Bonchev–Trinajstić information content (AvgIpc) is 3.46. The van der Waals surface area contributed by atoms with Gasteiger partial charge in [0.25, 0.3) is 0 Å². The summed E-state index contributed by atoms with van der Waals surface area (Å²) in [5.41, 5.74) is 5.09. The fourth-order valence-electron chi connectivity index (χ4n) is 3.99. The maximum atomic E-state index is 12.6. The van der Waals surface area contributed by atoms with Crippen LogP contribution in [-0.2, 0) is 10.0 Å². The Bertz CT molecular complexity index is 1370. The summed E-state index contributed by atoms with van der Waals surface area (Å²) in [7, 11) is -3.54. The predicted molar refractivity (Wildman–Crippen MR) is 126 cm³/mol. The van der Waals surface area contributed by atoms with Crippen LogP contribution in [0.5, 0.6) is 0 Å². The third kappa shape index (κ3) is 3.83. The van der Waals surface area contributed by atoms with Crippen molar-refractivity contribution in [1.82, 2.24) is 14.2 Å². The lowest BCUT2D eigenvalue weighted by molar-refractivity contribution is 0.375. The van der Waals surface area contributed by atoms with Crippen LogP contribution in [0.1, 0.15) is 23.6 Å². The van der Waals surface area contributed by atoms with Gasteiger partial charge in [-0.2, -0.15) is 14.6 Å². The number of nitrogens with zero attached hydrogens (tertiary/aromatic N) is 4. The largest absolute Gasteiger partial charge is 0.247 e. The van der Waals surface area contributed by atoms with Crippen molar-refractivity contribution in [1.29, 1.82) is 0 Å². The second-order valence-corrected chi connectivity index (χ2v) is 9.59. The zero-order valence-corrected chi connectivity index (χ0v) is 18.4. The van der Waals surface area contributed by atoms with E-state index >= 15 is 0 Å². The van der Waals surface area contributed by atoms with E-state index in [9.17, 15) is 8.42 Å². The summed E-state index contributed by atoms with van der Waals surface area (Å²) in [5, 5.41) is 9.44. The minimum absolute atomic E-state index is 0.384. The topological polar surface area (TPSA) is 67.6 Å². The van der Waals surface area contributed by atoms with E-state index in [0.29, 0.717) is 12.1 Å². The van der Waals surface area contributed by atoms with Crippen molar-refractivity contribution in [3.63, 3.8) is 0 Å². The molecule has 1 unspecified atom stereocenters. The molecule has 0 bridgehead atoms. The number of aromatic nitrogens is 2. The molecule has 160 valence electrons. The van der Waals surface area contributed by atoms with Crippen LogP contribution in [0.2, 0.25) is 0 Å². The number of benzene rings is 3. The van der Waals surface area contributed by atoms with Crippen LogP contribution in [0.25, 0.3) is 16.9 Å². The SMILES string of the molecule is CS(=O)(=O)N1N=C(c2cn(-c3ccccc3)nc2-c2ccccc2)CC1c1ccccc1. The van der Waals surface area contributed by atoms with E-state index in [0.717, 1.165) is 28.1 Å². The molecule has 0 fully saturated rings. The van der Waals surface area contributed by atoms with Crippen molar-refractivity contribution < 1.29 is 8.42 Å². The number of hydrogen-bond donors (Lipinski definition) is 0. The van der Waals surface area contributed by atoms with Crippen LogP contribution >= 0.6 is 0 Å². The van der Waals surface area contributed by atoms with Gasteiger partial charge < -0.3 is 0 Å². The second-order valence-electron chi connectivity index (χ2n) is 7.75. The maximum absolute atomic E-state index is 12.6. The van der Waals surface area contributed by atoms with Gasteiger partial charge in [-0.1, -0.05) is 78.9 Å². The number of hydrazone groups is 1. The van der Waals surface area contributed by atoms with E-state index in [4.69, 9.17) is 5.10 Å². The molecule has 0 amide bonds. The van der Waals surface area contributed by atoms with Crippen molar-refractivity contribution in [3.05, 3.63) is 108 Å². The van der Waals surface area contributed by atoms with E-state index in [-0.39, 0.29) is 6.04 Å². The maximum Gasteiger partial charge on any atom is 0.247 e. The van der Waals surface area contributed by atoms with Gasteiger partial charge in [0.15, 0.2) is 0 Å². The van der Waals surface area contributed by atoms with Crippen LogP contribution in [0.15, 0.2) is 102 Å². The molecular weight excluding hydrogens is 420 g/mol. The van der Waals surface area contributed by atoms with Gasteiger partial charge in [0.1, 0.15) is 5.69 Å². The van der Waals surface area contributed by atoms with Crippen molar-refractivity contribution in [2.75, 3.05) is 6.26 Å². The quantitative estimate of drug-likeness (QED) is 0.452. The molecule has 5 rings (SSSR count).